The predicted molar refractivity (Wildman–Crippen MR) is 93.9 cm³/mol. The molecule has 0 bridgehead atoms. The highest BCUT2D eigenvalue weighted by Crippen LogP contribution is 2.26. The lowest BCUT2D eigenvalue weighted by atomic mass is 9.94. The van der Waals surface area contributed by atoms with E-state index in [1.54, 1.807) is 19.9 Å². The highest BCUT2D eigenvalue weighted by molar-refractivity contribution is 5.93. The number of amides is 1. The number of rotatable bonds is 6. The van der Waals surface area contributed by atoms with Crippen molar-refractivity contribution in [1.29, 1.82) is 0 Å². The largest absolute Gasteiger partial charge is 0.484 e. The maximum atomic E-state index is 12.4. The molecule has 0 radical (unpaired) electrons. The minimum atomic E-state index is -4.40. The molecule has 0 aromatic heterocycles. The van der Waals surface area contributed by atoms with Crippen LogP contribution in [0.3, 0.4) is 0 Å². The number of aryl methyl sites for hydroxylation is 1. The van der Waals surface area contributed by atoms with Gasteiger partial charge in [0.15, 0.2) is 6.61 Å². The Morgan fingerprint density at radius 2 is 1.85 bits per heavy atom. The summed E-state index contributed by atoms with van der Waals surface area (Å²) in [7, 11) is 0. The van der Waals surface area contributed by atoms with E-state index in [1.807, 2.05) is 30.3 Å². The minimum Gasteiger partial charge on any atom is -0.484 e. The molecule has 4 nitrogen and oxygen atoms in total. The van der Waals surface area contributed by atoms with Crippen LogP contribution < -0.4 is 15.8 Å². The van der Waals surface area contributed by atoms with Crippen molar-refractivity contribution in [2.24, 2.45) is 11.7 Å². The summed E-state index contributed by atoms with van der Waals surface area (Å²) >= 11 is 0. The smallest absolute Gasteiger partial charge is 0.422 e. The molecule has 0 saturated heterocycles. The monoisotopic (exact) mass is 366 g/mol. The Morgan fingerprint density at radius 1 is 1.19 bits per heavy atom. The third-order valence-electron chi connectivity index (χ3n) is 3.97. The topological polar surface area (TPSA) is 64.4 Å². The summed E-state index contributed by atoms with van der Waals surface area (Å²) in [6.45, 7) is 1.98. The van der Waals surface area contributed by atoms with Crippen LogP contribution in [0.1, 0.15) is 24.1 Å². The zero-order valence-corrected chi connectivity index (χ0v) is 14.5. The molecular weight excluding hydrogens is 345 g/mol. The van der Waals surface area contributed by atoms with Gasteiger partial charge in [0.1, 0.15) is 5.75 Å². The number of alkyl halides is 3. The number of hydrogen-bond acceptors (Lipinski definition) is 3. The van der Waals surface area contributed by atoms with E-state index >= 15 is 0 Å². The third kappa shape index (κ3) is 5.49. The average Bonchev–Trinajstić information content (AvgIpc) is 2.59. The SMILES string of the molecule is Cc1cc(NC(=O)C(C)C(N)c2ccccc2)ccc1OCC(F)(F)F. The standard InChI is InChI=1S/C19H21F3N2O2/c1-12-10-15(8-9-16(12)26-11-19(20,21)22)24-18(25)13(2)17(23)14-6-4-3-5-7-14/h3-10,13,17H,11,23H2,1-2H3,(H,24,25). The summed E-state index contributed by atoms with van der Waals surface area (Å²) < 4.78 is 41.5. The van der Waals surface area contributed by atoms with Crippen LogP contribution in [0.25, 0.3) is 0 Å². The molecule has 0 fully saturated rings. The second-order valence-electron chi connectivity index (χ2n) is 6.10. The molecule has 1 amide bonds. The van der Waals surface area contributed by atoms with E-state index in [2.05, 4.69) is 5.32 Å². The summed E-state index contributed by atoms with van der Waals surface area (Å²) in [6.07, 6.45) is -4.40. The average molecular weight is 366 g/mol. The van der Waals surface area contributed by atoms with Gasteiger partial charge >= 0.3 is 6.18 Å². The quantitative estimate of drug-likeness (QED) is 0.805. The number of hydrogen-bond donors (Lipinski definition) is 2. The molecule has 7 heteroatoms. The molecule has 140 valence electrons. The van der Waals surface area contributed by atoms with Crippen molar-refractivity contribution in [2.45, 2.75) is 26.1 Å². The van der Waals surface area contributed by atoms with E-state index in [0.29, 0.717) is 11.3 Å². The summed E-state index contributed by atoms with van der Waals surface area (Å²) in [5.74, 6) is -0.641. The lowest BCUT2D eigenvalue weighted by Crippen LogP contribution is -2.30. The molecule has 0 aliphatic carbocycles. The Labute approximate surface area is 150 Å². The maximum absolute atomic E-state index is 12.4. The molecule has 0 aliphatic heterocycles. The van der Waals surface area contributed by atoms with Gasteiger partial charge in [-0.25, -0.2) is 0 Å². The van der Waals surface area contributed by atoms with Crippen molar-refractivity contribution in [3.63, 3.8) is 0 Å². The van der Waals surface area contributed by atoms with Crippen LogP contribution >= 0.6 is 0 Å². The fourth-order valence-corrected chi connectivity index (χ4v) is 2.43. The number of anilines is 1. The number of ether oxygens (including phenoxy) is 1. The minimum absolute atomic E-state index is 0.120. The first-order valence-corrected chi connectivity index (χ1v) is 8.09. The molecule has 2 unspecified atom stereocenters. The summed E-state index contributed by atoms with van der Waals surface area (Å²) in [5.41, 5.74) is 7.95. The fourth-order valence-electron chi connectivity index (χ4n) is 2.43. The van der Waals surface area contributed by atoms with Crippen LogP contribution in [0.15, 0.2) is 48.5 Å². The molecule has 3 N–H and O–H groups in total. The number of carbonyl (C=O) groups excluding carboxylic acids is 1. The van der Waals surface area contributed by atoms with Crippen LogP contribution in [0.2, 0.25) is 0 Å². The number of nitrogens with two attached hydrogens (primary N) is 1. The molecular formula is C19H21F3N2O2. The Kier molecular flexibility index (Phi) is 6.26. The van der Waals surface area contributed by atoms with E-state index in [4.69, 9.17) is 10.5 Å². The van der Waals surface area contributed by atoms with Crippen molar-refractivity contribution in [1.82, 2.24) is 0 Å². The molecule has 0 spiro atoms. The Balaban J connectivity index is 2.01. The van der Waals surface area contributed by atoms with Gasteiger partial charge in [0, 0.05) is 11.7 Å². The molecule has 26 heavy (non-hydrogen) atoms. The van der Waals surface area contributed by atoms with E-state index in [9.17, 15) is 18.0 Å². The Bertz CT molecular complexity index is 748. The van der Waals surface area contributed by atoms with Gasteiger partial charge in [-0.15, -0.1) is 0 Å². The van der Waals surface area contributed by atoms with Crippen LogP contribution in [0.5, 0.6) is 5.75 Å². The Morgan fingerprint density at radius 3 is 2.42 bits per heavy atom. The van der Waals surface area contributed by atoms with Gasteiger partial charge in [-0.1, -0.05) is 37.3 Å². The van der Waals surface area contributed by atoms with E-state index in [1.165, 1.54) is 12.1 Å². The zero-order chi connectivity index (χ0) is 19.3. The van der Waals surface area contributed by atoms with Gasteiger partial charge in [-0.3, -0.25) is 4.79 Å². The summed E-state index contributed by atoms with van der Waals surface area (Å²) in [6, 6.07) is 13.3. The predicted octanol–water partition coefficient (Wildman–Crippen LogP) is 4.21. The van der Waals surface area contributed by atoms with Gasteiger partial charge in [-0.2, -0.15) is 13.2 Å². The Hall–Kier alpha value is -2.54. The van der Waals surface area contributed by atoms with Gasteiger partial charge in [-0.05, 0) is 36.2 Å². The molecule has 2 atom stereocenters. The first-order chi connectivity index (χ1) is 12.2. The number of benzene rings is 2. The number of carbonyl (C=O) groups is 1. The second kappa shape index (κ2) is 8.23. The fraction of sp³-hybridized carbons (Fsp3) is 0.316. The lowest BCUT2D eigenvalue weighted by Gasteiger charge is -2.20. The normalized spacial score (nSPS) is 13.8. The van der Waals surface area contributed by atoms with Crippen LogP contribution in [0, 0.1) is 12.8 Å². The maximum Gasteiger partial charge on any atom is 0.422 e. The van der Waals surface area contributed by atoms with Crippen molar-refractivity contribution >= 4 is 11.6 Å². The number of nitrogens with one attached hydrogen (secondary N) is 1. The van der Waals surface area contributed by atoms with E-state index in [-0.39, 0.29) is 11.7 Å². The van der Waals surface area contributed by atoms with Crippen molar-refractivity contribution < 1.29 is 22.7 Å². The number of halogens is 3. The third-order valence-corrected chi connectivity index (χ3v) is 3.97. The van der Waals surface area contributed by atoms with Crippen LogP contribution in [0.4, 0.5) is 18.9 Å². The highest BCUT2D eigenvalue weighted by Gasteiger charge is 2.28. The van der Waals surface area contributed by atoms with Gasteiger partial charge < -0.3 is 15.8 Å². The first kappa shape index (κ1) is 19.8. The van der Waals surface area contributed by atoms with Crippen molar-refractivity contribution in [2.75, 3.05) is 11.9 Å². The lowest BCUT2D eigenvalue weighted by molar-refractivity contribution is -0.153. The van der Waals surface area contributed by atoms with Crippen LogP contribution in [-0.2, 0) is 4.79 Å². The first-order valence-electron chi connectivity index (χ1n) is 8.09. The van der Waals surface area contributed by atoms with E-state index < -0.39 is 24.7 Å². The molecule has 0 heterocycles. The molecule has 0 aliphatic rings. The van der Waals surface area contributed by atoms with E-state index in [0.717, 1.165) is 5.56 Å². The van der Waals surface area contributed by atoms with Gasteiger partial charge in [0.05, 0.1) is 5.92 Å². The molecule has 2 rings (SSSR count). The molecule has 2 aromatic rings. The van der Waals surface area contributed by atoms with Gasteiger partial charge in [0.2, 0.25) is 5.91 Å². The highest BCUT2D eigenvalue weighted by atomic mass is 19.4. The van der Waals surface area contributed by atoms with Crippen LogP contribution in [-0.4, -0.2) is 18.7 Å². The molecule has 2 aromatic carbocycles. The van der Waals surface area contributed by atoms with Crippen molar-refractivity contribution in [3.05, 3.63) is 59.7 Å². The molecule has 0 saturated carbocycles. The zero-order valence-electron chi connectivity index (χ0n) is 14.5. The summed E-state index contributed by atoms with van der Waals surface area (Å²) in [5, 5.41) is 2.74. The summed E-state index contributed by atoms with van der Waals surface area (Å²) in [4.78, 5) is 12.4. The van der Waals surface area contributed by atoms with Crippen molar-refractivity contribution in [3.8, 4) is 5.75 Å². The van der Waals surface area contributed by atoms with Gasteiger partial charge in [0.25, 0.3) is 0 Å². The second-order valence-corrected chi connectivity index (χ2v) is 6.10.